The molecule has 0 aliphatic heterocycles. The highest BCUT2D eigenvalue weighted by Gasteiger charge is 2.12. The number of rotatable bonds is 3. The van der Waals surface area contributed by atoms with E-state index in [-0.39, 0.29) is 23.7 Å². The second kappa shape index (κ2) is 7.23. The molecule has 0 saturated heterocycles. The average molecular weight is 305 g/mol. The second-order valence-corrected chi connectivity index (χ2v) is 5.87. The smallest absolute Gasteiger partial charge is 0.251 e. The van der Waals surface area contributed by atoms with Crippen molar-refractivity contribution in [1.82, 2.24) is 10.3 Å². The molecule has 2 rings (SSSR count). The van der Waals surface area contributed by atoms with E-state index in [1.807, 2.05) is 0 Å². The van der Waals surface area contributed by atoms with Crippen LogP contribution >= 0.6 is 12.4 Å². The van der Waals surface area contributed by atoms with Crippen LogP contribution in [-0.2, 0) is 12.0 Å². The van der Waals surface area contributed by atoms with E-state index < -0.39 is 0 Å². The highest BCUT2D eigenvalue weighted by Crippen LogP contribution is 2.22. The topological polar surface area (TPSA) is 42.0 Å². The third-order valence-corrected chi connectivity index (χ3v) is 3.22. The number of pyridine rings is 1. The molecular weight excluding hydrogens is 284 g/mol. The molecule has 1 heterocycles. The molecule has 0 fully saturated rings. The molecule has 0 bridgehead atoms. The molecular formula is C17H21ClN2O. The van der Waals surface area contributed by atoms with Gasteiger partial charge in [0.25, 0.3) is 5.91 Å². The summed E-state index contributed by atoms with van der Waals surface area (Å²) in [5.74, 6) is -0.0766. The van der Waals surface area contributed by atoms with Crippen LogP contribution in [0.3, 0.4) is 0 Å². The summed E-state index contributed by atoms with van der Waals surface area (Å²) in [6, 6.07) is 11.8. The van der Waals surface area contributed by atoms with Gasteiger partial charge in [-0.25, -0.2) is 0 Å². The minimum Gasteiger partial charge on any atom is -0.348 e. The fourth-order valence-corrected chi connectivity index (χ4v) is 1.91. The van der Waals surface area contributed by atoms with E-state index in [1.165, 1.54) is 5.56 Å². The van der Waals surface area contributed by atoms with Crippen LogP contribution in [0.1, 0.15) is 42.3 Å². The number of halogens is 1. The first-order valence-electron chi connectivity index (χ1n) is 6.74. The summed E-state index contributed by atoms with van der Waals surface area (Å²) in [5.41, 5.74) is 3.17. The van der Waals surface area contributed by atoms with Gasteiger partial charge in [0.05, 0.1) is 0 Å². The molecule has 1 aromatic carbocycles. The number of nitrogens with one attached hydrogen (secondary N) is 1. The van der Waals surface area contributed by atoms with Crippen molar-refractivity contribution in [3.05, 3.63) is 65.5 Å². The number of hydrogen-bond acceptors (Lipinski definition) is 2. The lowest BCUT2D eigenvalue weighted by Crippen LogP contribution is -2.22. The van der Waals surface area contributed by atoms with Crippen molar-refractivity contribution in [1.29, 1.82) is 0 Å². The zero-order valence-corrected chi connectivity index (χ0v) is 13.4. The zero-order valence-electron chi connectivity index (χ0n) is 12.6. The van der Waals surface area contributed by atoms with Crippen LogP contribution in [0.2, 0.25) is 0 Å². The van der Waals surface area contributed by atoms with E-state index in [0.29, 0.717) is 12.1 Å². The fraction of sp³-hybridized carbons (Fsp3) is 0.294. The van der Waals surface area contributed by atoms with Crippen molar-refractivity contribution in [3.8, 4) is 0 Å². The number of carbonyl (C=O) groups excluding carboxylic acids is 1. The first kappa shape index (κ1) is 17.2. The molecule has 3 nitrogen and oxygen atoms in total. The minimum absolute atomic E-state index is 0. The van der Waals surface area contributed by atoms with Gasteiger partial charge in [-0.05, 0) is 28.7 Å². The maximum atomic E-state index is 11.9. The van der Waals surface area contributed by atoms with Gasteiger partial charge in [0.15, 0.2) is 0 Å². The molecule has 0 aliphatic carbocycles. The lowest BCUT2D eigenvalue weighted by Gasteiger charge is -2.19. The Morgan fingerprint density at radius 1 is 1.05 bits per heavy atom. The van der Waals surface area contributed by atoms with Gasteiger partial charge in [-0.15, -0.1) is 12.4 Å². The molecule has 4 heteroatoms. The summed E-state index contributed by atoms with van der Waals surface area (Å²) in [4.78, 5) is 15.8. The molecule has 0 radical (unpaired) electrons. The van der Waals surface area contributed by atoms with Crippen LogP contribution in [0.25, 0.3) is 0 Å². The van der Waals surface area contributed by atoms with Crippen molar-refractivity contribution in [3.63, 3.8) is 0 Å². The number of carbonyl (C=O) groups is 1. The van der Waals surface area contributed by atoms with Crippen molar-refractivity contribution < 1.29 is 4.79 Å². The minimum atomic E-state index is -0.0766. The van der Waals surface area contributed by atoms with Gasteiger partial charge in [0.2, 0.25) is 0 Å². The normalized spacial score (nSPS) is 10.6. The van der Waals surface area contributed by atoms with Gasteiger partial charge in [-0.1, -0.05) is 45.0 Å². The molecule has 0 unspecified atom stereocenters. The lowest BCUT2D eigenvalue weighted by molar-refractivity contribution is 0.0951. The third kappa shape index (κ3) is 4.87. The Morgan fingerprint density at radius 3 is 2.14 bits per heavy atom. The van der Waals surface area contributed by atoms with E-state index in [4.69, 9.17) is 0 Å². The number of nitrogens with zero attached hydrogens (tertiary/aromatic N) is 1. The predicted molar refractivity (Wildman–Crippen MR) is 87.8 cm³/mol. The largest absolute Gasteiger partial charge is 0.348 e. The van der Waals surface area contributed by atoms with E-state index in [0.717, 1.165) is 5.56 Å². The van der Waals surface area contributed by atoms with Crippen LogP contribution in [0.4, 0.5) is 0 Å². The van der Waals surface area contributed by atoms with E-state index >= 15 is 0 Å². The Hall–Kier alpha value is -1.87. The van der Waals surface area contributed by atoms with Gasteiger partial charge in [-0.3, -0.25) is 9.78 Å². The maximum Gasteiger partial charge on any atom is 0.251 e. The molecule has 0 atom stereocenters. The van der Waals surface area contributed by atoms with E-state index in [2.05, 4.69) is 55.3 Å². The van der Waals surface area contributed by atoms with Gasteiger partial charge in [0, 0.05) is 24.5 Å². The van der Waals surface area contributed by atoms with Crippen molar-refractivity contribution >= 4 is 18.3 Å². The quantitative estimate of drug-likeness (QED) is 0.939. The van der Waals surface area contributed by atoms with Gasteiger partial charge in [0.1, 0.15) is 0 Å². The van der Waals surface area contributed by atoms with Crippen molar-refractivity contribution in [2.45, 2.75) is 32.7 Å². The first-order chi connectivity index (χ1) is 9.47. The fourth-order valence-electron chi connectivity index (χ4n) is 1.91. The summed E-state index contributed by atoms with van der Waals surface area (Å²) in [5, 5.41) is 2.91. The summed E-state index contributed by atoms with van der Waals surface area (Å²) in [6.45, 7) is 7.10. The summed E-state index contributed by atoms with van der Waals surface area (Å²) in [6.07, 6.45) is 3.24. The summed E-state index contributed by atoms with van der Waals surface area (Å²) >= 11 is 0. The van der Waals surface area contributed by atoms with Crippen LogP contribution in [0, 0.1) is 0 Å². The Morgan fingerprint density at radius 2 is 1.62 bits per heavy atom. The molecule has 1 N–H and O–H groups in total. The second-order valence-electron chi connectivity index (χ2n) is 5.87. The maximum absolute atomic E-state index is 11.9. The predicted octanol–water partition coefficient (Wildman–Crippen LogP) is 3.73. The Kier molecular flexibility index (Phi) is 5.91. The summed E-state index contributed by atoms with van der Waals surface area (Å²) < 4.78 is 0. The van der Waals surface area contributed by atoms with Crippen molar-refractivity contribution in [2.75, 3.05) is 0 Å². The molecule has 2 aromatic rings. The SMILES string of the molecule is CC(C)(C)c1ccc(CNC(=O)c2ccncc2)cc1.Cl. The molecule has 21 heavy (non-hydrogen) atoms. The lowest BCUT2D eigenvalue weighted by atomic mass is 9.87. The Labute approximate surface area is 132 Å². The average Bonchev–Trinajstić information content (AvgIpc) is 2.45. The van der Waals surface area contributed by atoms with E-state index in [1.54, 1.807) is 24.5 Å². The first-order valence-corrected chi connectivity index (χ1v) is 6.74. The molecule has 1 aromatic heterocycles. The number of hydrogen-bond donors (Lipinski definition) is 1. The molecule has 0 aliphatic rings. The monoisotopic (exact) mass is 304 g/mol. The molecule has 112 valence electrons. The standard InChI is InChI=1S/C17H20N2O.ClH/c1-17(2,3)15-6-4-13(5-7-15)12-19-16(20)14-8-10-18-11-9-14;/h4-11H,12H2,1-3H3,(H,19,20);1H. The molecule has 0 saturated carbocycles. The number of amides is 1. The van der Waals surface area contributed by atoms with Gasteiger partial charge < -0.3 is 5.32 Å². The summed E-state index contributed by atoms with van der Waals surface area (Å²) in [7, 11) is 0. The van der Waals surface area contributed by atoms with Crippen LogP contribution in [0.15, 0.2) is 48.8 Å². The number of benzene rings is 1. The van der Waals surface area contributed by atoms with Crippen LogP contribution < -0.4 is 5.32 Å². The van der Waals surface area contributed by atoms with Crippen molar-refractivity contribution in [2.24, 2.45) is 0 Å². The van der Waals surface area contributed by atoms with E-state index in [9.17, 15) is 4.79 Å². The molecule has 1 amide bonds. The highest BCUT2D eigenvalue weighted by atomic mass is 35.5. The zero-order chi connectivity index (χ0) is 14.6. The third-order valence-electron chi connectivity index (χ3n) is 3.22. The van der Waals surface area contributed by atoms with Crippen LogP contribution in [0.5, 0.6) is 0 Å². The van der Waals surface area contributed by atoms with Crippen LogP contribution in [-0.4, -0.2) is 10.9 Å². The molecule has 0 spiro atoms. The Bertz CT molecular complexity index is 574. The highest BCUT2D eigenvalue weighted by molar-refractivity contribution is 5.93. The van der Waals surface area contributed by atoms with Gasteiger partial charge >= 0.3 is 0 Å². The van der Waals surface area contributed by atoms with Gasteiger partial charge in [-0.2, -0.15) is 0 Å². The Balaban J connectivity index is 0.00000220. The number of aromatic nitrogens is 1.